The van der Waals surface area contributed by atoms with E-state index in [0.29, 0.717) is 24.2 Å². The maximum atomic E-state index is 13.1. The Hall–Kier alpha value is -3.00. The third-order valence-electron chi connectivity index (χ3n) is 5.64. The lowest BCUT2D eigenvalue weighted by Crippen LogP contribution is -2.16. The molecule has 1 fully saturated rings. The Morgan fingerprint density at radius 3 is 2.93 bits per heavy atom. The lowest BCUT2D eigenvalue weighted by molar-refractivity contribution is 0.102. The van der Waals surface area contributed by atoms with Crippen LogP contribution >= 0.6 is 0 Å². The summed E-state index contributed by atoms with van der Waals surface area (Å²) >= 11 is 0. The number of benzene rings is 1. The van der Waals surface area contributed by atoms with Crippen molar-refractivity contribution >= 4 is 28.4 Å². The highest BCUT2D eigenvalue weighted by atomic mass is 16.5. The second kappa shape index (κ2) is 6.87. The van der Waals surface area contributed by atoms with Crippen LogP contribution in [0.3, 0.4) is 0 Å². The summed E-state index contributed by atoms with van der Waals surface area (Å²) < 4.78 is 7.33. The van der Waals surface area contributed by atoms with Gasteiger partial charge >= 0.3 is 0 Å². The standard InChI is InChI=1S/C20H22N6O2/c21-18-16-17(25-26(15-3-1-2-4-15)19(16)23-11-22-18)20(27)24-14-6-5-13-10-28-8-7-12(13)9-14/h5-6,9,11,15H,1-4,7-8,10H2,(H,24,27)(H2,21,22,23). The number of carbonyl (C=O) groups excluding carboxylic acids is 1. The van der Waals surface area contributed by atoms with Crippen LogP contribution in [0.15, 0.2) is 24.5 Å². The third-order valence-corrected chi connectivity index (χ3v) is 5.64. The second-order valence-electron chi connectivity index (χ2n) is 7.43. The van der Waals surface area contributed by atoms with Gasteiger partial charge in [0, 0.05) is 5.69 Å². The van der Waals surface area contributed by atoms with Crippen LogP contribution in [0.5, 0.6) is 0 Å². The van der Waals surface area contributed by atoms with Gasteiger partial charge in [0.15, 0.2) is 11.3 Å². The molecule has 28 heavy (non-hydrogen) atoms. The largest absolute Gasteiger partial charge is 0.383 e. The highest BCUT2D eigenvalue weighted by molar-refractivity contribution is 6.13. The Kier molecular flexibility index (Phi) is 4.20. The Morgan fingerprint density at radius 1 is 1.21 bits per heavy atom. The number of nitrogens with one attached hydrogen (secondary N) is 1. The van der Waals surface area contributed by atoms with Crippen LogP contribution in [-0.4, -0.2) is 32.3 Å². The molecule has 1 aromatic carbocycles. The van der Waals surface area contributed by atoms with Gasteiger partial charge < -0.3 is 15.8 Å². The number of hydrogen-bond acceptors (Lipinski definition) is 6. The van der Waals surface area contributed by atoms with E-state index in [9.17, 15) is 4.79 Å². The monoisotopic (exact) mass is 378 g/mol. The quantitative estimate of drug-likeness (QED) is 0.725. The van der Waals surface area contributed by atoms with E-state index in [-0.39, 0.29) is 23.5 Å². The van der Waals surface area contributed by atoms with Gasteiger partial charge in [-0.1, -0.05) is 18.9 Å². The molecule has 0 saturated heterocycles. The molecule has 1 amide bonds. The summed E-state index contributed by atoms with van der Waals surface area (Å²) in [5.41, 5.74) is 10.1. The molecule has 1 aliphatic heterocycles. The van der Waals surface area contributed by atoms with Gasteiger partial charge in [0.2, 0.25) is 0 Å². The Balaban J connectivity index is 1.51. The van der Waals surface area contributed by atoms with Crippen molar-refractivity contribution < 1.29 is 9.53 Å². The van der Waals surface area contributed by atoms with Gasteiger partial charge in [-0.05, 0) is 42.5 Å². The van der Waals surface area contributed by atoms with Crippen LogP contribution in [0.1, 0.15) is 53.3 Å². The zero-order valence-corrected chi connectivity index (χ0v) is 15.5. The van der Waals surface area contributed by atoms with Gasteiger partial charge in [0.25, 0.3) is 5.91 Å². The number of nitrogen functional groups attached to an aromatic ring is 1. The molecule has 2 aliphatic rings. The first kappa shape index (κ1) is 17.1. The fourth-order valence-corrected chi connectivity index (χ4v) is 4.19. The average molecular weight is 378 g/mol. The van der Waals surface area contributed by atoms with Crippen molar-refractivity contribution in [3.05, 3.63) is 41.3 Å². The van der Waals surface area contributed by atoms with Crippen molar-refractivity contribution in [2.75, 3.05) is 17.7 Å². The molecule has 144 valence electrons. The molecule has 1 saturated carbocycles. The van der Waals surface area contributed by atoms with E-state index >= 15 is 0 Å². The summed E-state index contributed by atoms with van der Waals surface area (Å²) in [6.45, 7) is 1.32. The van der Waals surface area contributed by atoms with Crippen LogP contribution < -0.4 is 11.1 Å². The van der Waals surface area contributed by atoms with E-state index < -0.39 is 0 Å². The smallest absolute Gasteiger partial charge is 0.277 e. The van der Waals surface area contributed by atoms with Gasteiger partial charge in [-0.15, -0.1) is 0 Å². The number of anilines is 2. The molecule has 3 heterocycles. The van der Waals surface area contributed by atoms with Crippen molar-refractivity contribution in [3.63, 3.8) is 0 Å². The van der Waals surface area contributed by atoms with Crippen molar-refractivity contribution in [2.45, 2.75) is 44.8 Å². The molecule has 0 unspecified atom stereocenters. The highest BCUT2D eigenvalue weighted by Crippen LogP contribution is 2.33. The number of nitrogens with zero attached hydrogens (tertiary/aromatic N) is 4. The predicted octanol–water partition coefficient (Wildman–Crippen LogP) is 2.85. The minimum Gasteiger partial charge on any atom is -0.383 e. The summed E-state index contributed by atoms with van der Waals surface area (Å²) in [4.78, 5) is 21.5. The number of nitrogens with two attached hydrogens (primary N) is 1. The molecular weight excluding hydrogens is 356 g/mol. The summed E-state index contributed by atoms with van der Waals surface area (Å²) in [5.74, 6) is -0.0164. The molecule has 1 aliphatic carbocycles. The summed E-state index contributed by atoms with van der Waals surface area (Å²) in [5, 5.41) is 8.11. The molecule has 3 aromatic rings. The highest BCUT2D eigenvalue weighted by Gasteiger charge is 2.26. The Bertz CT molecular complexity index is 1050. The predicted molar refractivity (Wildman–Crippen MR) is 105 cm³/mol. The fourth-order valence-electron chi connectivity index (χ4n) is 4.19. The van der Waals surface area contributed by atoms with E-state index in [1.807, 2.05) is 22.9 Å². The number of rotatable bonds is 3. The first-order chi connectivity index (χ1) is 13.7. The molecule has 0 spiro atoms. The first-order valence-electron chi connectivity index (χ1n) is 9.70. The van der Waals surface area contributed by atoms with Gasteiger partial charge in [-0.2, -0.15) is 5.10 Å². The Morgan fingerprint density at radius 2 is 2.07 bits per heavy atom. The van der Waals surface area contributed by atoms with E-state index in [1.165, 1.54) is 11.9 Å². The van der Waals surface area contributed by atoms with Crippen LogP contribution in [0.2, 0.25) is 0 Å². The van der Waals surface area contributed by atoms with Gasteiger partial charge in [0.1, 0.15) is 12.1 Å². The van der Waals surface area contributed by atoms with Crippen molar-refractivity contribution in [3.8, 4) is 0 Å². The van der Waals surface area contributed by atoms with Crippen LogP contribution in [0.4, 0.5) is 11.5 Å². The van der Waals surface area contributed by atoms with Crippen molar-refractivity contribution in [1.82, 2.24) is 19.7 Å². The summed E-state index contributed by atoms with van der Waals surface area (Å²) in [6.07, 6.45) is 6.67. The maximum Gasteiger partial charge on any atom is 0.277 e. The third kappa shape index (κ3) is 2.90. The topological polar surface area (TPSA) is 108 Å². The number of fused-ring (bicyclic) bond motifs is 2. The van der Waals surface area contributed by atoms with Crippen LogP contribution in [-0.2, 0) is 17.8 Å². The summed E-state index contributed by atoms with van der Waals surface area (Å²) in [7, 11) is 0. The van der Waals surface area contributed by atoms with Gasteiger partial charge in [-0.3, -0.25) is 4.79 Å². The van der Waals surface area contributed by atoms with Crippen molar-refractivity contribution in [1.29, 1.82) is 0 Å². The lowest BCUT2D eigenvalue weighted by atomic mass is 10.0. The van der Waals surface area contributed by atoms with E-state index in [2.05, 4.69) is 20.4 Å². The minimum absolute atomic E-state index is 0.252. The average Bonchev–Trinajstić information content (AvgIpc) is 3.36. The molecular formula is C20H22N6O2. The second-order valence-corrected chi connectivity index (χ2v) is 7.43. The SMILES string of the molecule is Nc1ncnc2c1c(C(=O)Nc1ccc3c(c1)CCOC3)nn2C1CCCC1. The number of aromatic nitrogens is 4. The number of carbonyl (C=O) groups is 1. The zero-order chi connectivity index (χ0) is 19.1. The molecule has 8 heteroatoms. The van der Waals surface area contributed by atoms with Crippen molar-refractivity contribution in [2.24, 2.45) is 0 Å². The number of ether oxygens (including phenoxy) is 1. The van der Waals surface area contributed by atoms with E-state index in [4.69, 9.17) is 10.5 Å². The number of hydrogen-bond donors (Lipinski definition) is 2. The fraction of sp³-hybridized carbons (Fsp3) is 0.400. The van der Waals surface area contributed by atoms with E-state index in [0.717, 1.165) is 43.4 Å². The summed E-state index contributed by atoms with van der Waals surface area (Å²) in [6, 6.07) is 6.14. The first-order valence-corrected chi connectivity index (χ1v) is 9.70. The van der Waals surface area contributed by atoms with Crippen LogP contribution in [0, 0.1) is 0 Å². The molecule has 5 rings (SSSR count). The number of amides is 1. The molecule has 0 atom stereocenters. The van der Waals surface area contributed by atoms with Crippen LogP contribution in [0.25, 0.3) is 11.0 Å². The van der Waals surface area contributed by atoms with E-state index in [1.54, 1.807) is 0 Å². The molecule has 3 N–H and O–H groups in total. The zero-order valence-electron chi connectivity index (χ0n) is 15.5. The normalized spacial score (nSPS) is 17.0. The molecule has 0 bridgehead atoms. The Labute approximate surface area is 162 Å². The van der Waals surface area contributed by atoms with Gasteiger partial charge in [0.05, 0.1) is 24.6 Å². The maximum absolute atomic E-state index is 13.1. The van der Waals surface area contributed by atoms with Gasteiger partial charge in [-0.25, -0.2) is 14.6 Å². The minimum atomic E-state index is -0.296. The molecule has 8 nitrogen and oxygen atoms in total. The molecule has 2 aromatic heterocycles. The lowest BCUT2D eigenvalue weighted by Gasteiger charge is -2.17. The molecule has 0 radical (unpaired) electrons.